The predicted molar refractivity (Wildman–Crippen MR) is 113 cm³/mol. The zero-order valence-corrected chi connectivity index (χ0v) is 18.4. The highest BCUT2D eigenvalue weighted by molar-refractivity contribution is 7.98. The summed E-state index contributed by atoms with van der Waals surface area (Å²) in [7, 11) is 1.66. The Morgan fingerprint density at radius 3 is 2.77 bits per heavy atom. The van der Waals surface area contributed by atoms with Gasteiger partial charge in [-0.05, 0) is 43.0 Å². The molecule has 0 bridgehead atoms. The van der Waals surface area contributed by atoms with Gasteiger partial charge in [-0.2, -0.15) is 4.98 Å². The van der Waals surface area contributed by atoms with E-state index in [0.717, 1.165) is 60.5 Å². The van der Waals surface area contributed by atoms with Gasteiger partial charge in [0.15, 0.2) is 16.8 Å². The van der Waals surface area contributed by atoms with Crippen molar-refractivity contribution in [3.8, 4) is 17.1 Å². The van der Waals surface area contributed by atoms with Crippen molar-refractivity contribution < 1.29 is 14.0 Å². The number of ether oxygens (including phenoxy) is 2. The molecule has 0 N–H and O–H groups in total. The van der Waals surface area contributed by atoms with Crippen molar-refractivity contribution in [2.75, 3.05) is 13.7 Å². The number of benzene rings is 1. The van der Waals surface area contributed by atoms with E-state index in [1.54, 1.807) is 18.9 Å². The van der Waals surface area contributed by atoms with Crippen molar-refractivity contribution in [3.05, 3.63) is 36.0 Å². The van der Waals surface area contributed by atoms with Crippen molar-refractivity contribution in [2.24, 2.45) is 5.92 Å². The van der Waals surface area contributed by atoms with Gasteiger partial charge in [0.2, 0.25) is 5.89 Å². The largest absolute Gasteiger partial charge is 0.497 e. The molecular formula is C21H27N5O3S. The zero-order chi connectivity index (χ0) is 20.9. The van der Waals surface area contributed by atoms with Crippen LogP contribution in [0.2, 0.25) is 0 Å². The standard InChI is InChI=1S/C21H27N5O3S/c1-14(2)11-18-22-19(29-25-18)13-30-21-24-23-20(15-6-8-16(27-3)9-7-15)26(21)12-17-5-4-10-28-17/h6-9,14,17H,4-5,10-13H2,1-3H3. The van der Waals surface area contributed by atoms with Gasteiger partial charge in [-0.3, -0.25) is 4.57 Å². The van der Waals surface area contributed by atoms with Crippen LogP contribution in [0, 0.1) is 5.92 Å². The van der Waals surface area contributed by atoms with E-state index in [1.165, 1.54) is 0 Å². The maximum absolute atomic E-state index is 5.87. The fraction of sp³-hybridized carbons (Fsp3) is 0.524. The molecule has 3 aromatic rings. The van der Waals surface area contributed by atoms with E-state index in [1.807, 2.05) is 24.3 Å². The normalized spacial score (nSPS) is 16.5. The second kappa shape index (κ2) is 9.61. The maximum atomic E-state index is 5.87. The van der Waals surface area contributed by atoms with Gasteiger partial charge in [0.1, 0.15) is 5.75 Å². The van der Waals surface area contributed by atoms with Crippen LogP contribution in [0.1, 0.15) is 38.4 Å². The first-order valence-electron chi connectivity index (χ1n) is 10.3. The molecule has 1 aliphatic rings. The summed E-state index contributed by atoms with van der Waals surface area (Å²) < 4.78 is 18.7. The Bertz CT molecular complexity index is 948. The summed E-state index contributed by atoms with van der Waals surface area (Å²) in [6, 6.07) is 7.86. The van der Waals surface area contributed by atoms with Gasteiger partial charge in [-0.1, -0.05) is 30.8 Å². The topological polar surface area (TPSA) is 88.1 Å². The van der Waals surface area contributed by atoms with Gasteiger partial charge in [-0.25, -0.2) is 0 Å². The third kappa shape index (κ3) is 5.02. The van der Waals surface area contributed by atoms with Crippen LogP contribution in [-0.4, -0.2) is 44.7 Å². The van der Waals surface area contributed by atoms with E-state index in [4.69, 9.17) is 14.0 Å². The fourth-order valence-corrected chi connectivity index (χ4v) is 4.21. The third-order valence-electron chi connectivity index (χ3n) is 4.90. The molecule has 9 heteroatoms. The monoisotopic (exact) mass is 429 g/mol. The van der Waals surface area contributed by atoms with E-state index in [0.29, 0.717) is 17.6 Å². The lowest BCUT2D eigenvalue weighted by Gasteiger charge is -2.14. The van der Waals surface area contributed by atoms with Crippen LogP contribution in [-0.2, 0) is 23.5 Å². The third-order valence-corrected chi connectivity index (χ3v) is 5.85. The lowest BCUT2D eigenvalue weighted by atomic mass is 10.1. The van der Waals surface area contributed by atoms with Gasteiger partial charge >= 0.3 is 0 Å². The molecule has 0 saturated carbocycles. The second-order valence-corrected chi connectivity index (χ2v) is 8.71. The Morgan fingerprint density at radius 1 is 1.23 bits per heavy atom. The lowest BCUT2D eigenvalue weighted by molar-refractivity contribution is 0.0953. The Balaban J connectivity index is 1.53. The molecule has 1 aromatic carbocycles. The van der Waals surface area contributed by atoms with Crippen molar-refractivity contribution in [3.63, 3.8) is 0 Å². The minimum absolute atomic E-state index is 0.179. The smallest absolute Gasteiger partial charge is 0.237 e. The average Bonchev–Trinajstić information content (AvgIpc) is 3.49. The van der Waals surface area contributed by atoms with Gasteiger partial charge < -0.3 is 14.0 Å². The zero-order valence-electron chi connectivity index (χ0n) is 17.6. The lowest BCUT2D eigenvalue weighted by Crippen LogP contribution is -2.16. The number of rotatable bonds is 9. The van der Waals surface area contributed by atoms with E-state index in [9.17, 15) is 0 Å². The molecule has 0 spiro atoms. The molecule has 2 aromatic heterocycles. The average molecular weight is 430 g/mol. The molecule has 160 valence electrons. The summed E-state index contributed by atoms with van der Waals surface area (Å²) in [6.45, 7) is 5.81. The summed E-state index contributed by atoms with van der Waals surface area (Å²) in [6.07, 6.45) is 3.13. The number of aromatic nitrogens is 5. The molecule has 0 aliphatic carbocycles. The highest BCUT2D eigenvalue weighted by Gasteiger charge is 2.22. The van der Waals surface area contributed by atoms with Gasteiger partial charge in [-0.15, -0.1) is 10.2 Å². The van der Waals surface area contributed by atoms with Crippen LogP contribution in [0.5, 0.6) is 5.75 Å². The van der Waals surface area contributed by atoms with E-state index >= 15 is 0 Å². The molecule has 0 radical (unpaired) electrons. The van der Waals surface area contributed by atoms with E-state index in [-0.39, 0.29) is 6.10 Å². The first kappa shape index (κ1) is 20.9. The highest BCUT2D eigenvalue weighted by Crippen LogP contribution is 2.29. The quantitative estimate of drug-likeness (QED) is 0.472. The summed E-state index contributed by atoms with van der Waals surface area (Å²) in [5.74, 6) is 4.03. The number of thioether (sulfide) groups is 1. The number of methoxy groups -OCH3 is 1. The van der Waals surface area contributed by atoms with Crippen LogP contribution in [0.15, 0.2) is 33.9 Å². The SMILES string of the molecule is COc1ccc(-c2nnc(SCc3nc(CC(C)C)no3)n2CC2CCCO2)cc1. The Hall–Kier alpha value is -2.39. The van der Waals surface area contributed by atoms with E-state index in [2.05, 4.69) is 38.8 Å². The Morgan fingerprint density at radius 2 is 2.07 bits per heavy atom. The maximum Gasteiger partial charge on any atom is 0.237 e. The molecule has 1 saturated heterocycles. The van der Waals surface area contributed by atoms with Gasteiger partial charge in [0, 0.05) is 18.6 Å². The molecule has 30 heavy (non-hydrogen) atoms. The number of hydrogen-bond acceptors (Lipinski definition) is 8. The first-order chi connectivity index (χ1) is 14.6. The summed E-state index contributed by atoms with van der Waals surface area (Å²) in [4.78, 5) is 4.49. The molecule has 3 heterocycles. The van der Waals surface area contributed by atoms with Crippen LogP contribution in [0.25, 0.3) is 11.4 Å². The molecule has 8 nitrogen and oxygen atoms in total. The summed E-state index contributed by atoms with van der Waals surface area (Å²) in [5, 5.41) is 13.8. The fourth-order valence-electron chi connectivity index (χ4n) is 3.43. The van der Waals surface area contributed by atoms with Crippen molar-refractivity contribution >= 4 is 11.8 Å². The molecule has 1 atom stereocenters. The van der Waals surface area contributed by atoms with Crippen LogP contribution >= 0.6 is 11.8 Å². The molecule has 1 aliphatic heterocycles. The molecule has 1 unspecified atom stereocenters. The minimum atomic E-state index is 0.179. The second-order valence-electron chi connectivity index (χ2n) is 7.77. The molecule has 1 fully saturated rings. The van der Waals surface area contributed by atoms with Crippen molar-refractivity contribution in [1.29, 1.82) is 0 Å². The molecule has 4 rings (SSSR count). The summed E-state index contributed by atoms with van der Waals surface area (Å²) >= 11 is 1.55. The van der Waals surface area contributed by atoms with E-state index < -0.39 is 0 Å². The Kier molecular flexibility index (Phi) is 6.69. The number of hydrogen-bond donors (Lipinski definition) is 0. The highest BCUT2D eigenvalue weighted by atomic mass is 32.2. The molecular weight excluding hydrogens is 402 g/mol. The van der Waals surface area contributed by atoms with Crippen LogP contribution < -0.4 is 4.74 Å². The summed E-state index contributed by atoms with van der Waals surface area (Å²) in [5.41, 5.74) is 0.991. The van der Waals surface area contributed by atoms with Crippen molar-refractivity contribution in [1.82, 2.24) is 24.9 Å². The van der Waals surface area contributed by atoms with Crippen LogP contribution in [0.3, 0.4) is 0 Å². The van der Waals surface area contributed by atoms with Gasteiger partial charge in [0.05, 0.1) is 25.5 Å². The van der Waals surface area contributed by atoms with Crippen LogP contribution in [0.4, 0.5) is 0 Å². The van der Waals surface area contributed by atoms with Crippen molar-refractivity contribution in [2.45, 2.75) is 56.7 Å². The minimum Gasteiger partial charge on any atom is -0.497 e. The van der Waals surface area contributed by atoms with Gasteiger partial charge in [0.25, 0.3) is 0 Å². The first-order valence-corrected chi connectivity index (χ1v) is 11.2. The predicted octanol–water partition coefficient (Wildman–Crippen LogP) is 4.01. The molecule has 0 amide bonds. The number of nitrogens with zero attached hydrogens (tertiary/aromatic N) is 5. The Labute approximate surface area is 180 Å².